The molecule has 0 amide bonds. The Balaban J connectivity index is 2.09. The van der Waals surface area contributed by atoms with Crippen molar-refractivity contribution < 1.29 is 9.13 Å². The number of ether oxygens (including phenoxy) is 1. The van der Waals surface area contributed by atoms with Crippen LogP contribution in [0.5, 0.6) is 0 Å². The normalized spacial score (nSPS) is 32.6. The topological polar surface area (TPSA) is 53.1 Å². The van der Waals surface area contributed by atoms with Crippen molar-refractivity contribution in [1.29, 1.82) is 0 Å². The summed E-state index contributed by atoms with van der Waals surface area (Å²) < 4.78 is 20.5. The minimum atomic E-state index is -1.05. The smallest absolute Gasteiger partial charge is 0.138 e. The molecule has 0 aliphatic carbocycles. The van der Waals surface area contributed by atoms with Crippen LogP contribution in [0.4, 0.5) is 4.39 Å². The molecule has 2 rings (SSSR count). The molecule has 3 atom stereocenters. The molecule has 1 aromatic heterocycles. The third kappa shape index (κ3) is 2.18. The molecule has 84 valence electrons. The first-order chi connectivity index (χ1) is 7.18. The Kier molecular flexibility index (Phi) is 3.02. The summed E-state index contributed by atoms with van der Waals surface area (Å²) >= 11 is 0. The zero-order valence-electron chi connectivity index (χ0n) is 8.77. The maximum Gasteiger partial charge on any atom is 0.138 e. The van der Waals surface area contributed by atoms with Gasteiger partial charge in [0.15, 0.2) is 0 Å². The highest BCUT2D eigenvalue weighted by molar-refractivity contribution is 5.05. The van der Waals surface area contributed by atoms with E-state index in [9.17, 15) is 4.39 Å². The molecule has 0 radical (unpaired) electrons. The van der Waals surface area contributed by atoms with Crippen LogP contribution in [0.15, 0.2) is 12.3 Å². The molecule has 1 aliphatic heterocycles. The first-order valence-electron chi connectivity index (χ1n) is 5.17. The van der Waals surface area contributed by atoms with Gasteiger partial charge in [0, 0.05) is 19.3 Å². The molecular weight excluding hydrogens is 197 g/mol. The zero-order valence-corrected chi connectivity index (χ0v) is 8.77. The standard InChI is InChI=1S/C10H16FN3O/c1-14-9(4-5-13-14)10-3-2-8(12)7(11)6-15-10/h4-5,7-8,10H,2-3,6,12H2,1H3/t7-,8-,10+/m1/s1. The van der Waals surface area contributed by atoms with E-state index < -0.39 is 12.2 Å². The van der Waals surface area contributed by atoms with Crippen LogP contribution < -0.4 is 5.73 Å². The van der Waals surface area contributed by atoms with E-state index in [4.69, 9.17) is 10.5 Å². The monoisotopic (exact) mass is 213 g/mol. The number of hydrogen-bond acceptors (Lipinski definition) is 3. The fourth-order valence-electron chi connectivity index (χ4n) is 1.87. The van der Waals surface area contributed by atoms with Gasteiger partial charge in [0.25, 0.3) is 0 Å². The second-order valence-electron chi connectivity index (χ2n) is 3.96. The maximum atomic E-state index is 13.3. The van der Waals surface area contributed by atoms with E-state index in [1.54, 1.807) is 10.9 Å². The molecular formula is C10H16FN3O. The number of alkyl halides is 1. The average Bonchev–Trinajstić information content (AvgIpc) is 2.57. The maximum absolute atomic E-state index is 13.3. The van der Waals surface area contributed by atoms with Gasteiger partial charge in [0.1, 0.15) is 6.17 Å². The largest absolute Gasteiger partial charge is 0.369 e. The van der Waals surface area contributed by atoms with Crippen LogP contribution in [0, 0.1) is 0 Å². The van der Waals surface area contributed by atoms with Crippen molar-refractivity contribution in [3.8, 4) is 0 Å². The number of aryl methyl sites for hydroxylation is 1. The second kappa shape index (κ2) is 4.28. The summed E-state index contributed by atoms with van der Waals surface area (Å²) in [6.07, 6.45) is 1.99. The number of nitrogens with two attached hydrogens (primary N) is 1. The van der Waals surface area contributed by atoms with Crippen molar-refractivity contribution in [2.24, 2.45) is 12.8 Å². The quantitative estimate of drug-likeness (QED) is 0.755. The van der Waals surface area contributed by atoms with E-state index in [-0.39, 0.29) is 12.7 Å². The lowest BCUT2D eigenvalue weighted by Crippen LogP contribution is -2.32. The predicted molar refractivity (Wildman–Crippen MR) is 54.0 cm³/mol. The molecule has 2 heterocycles. The number of hydrogen-bond donors (Lipinski definition) is 1. The van der Waals surface area contributed by atoms with Crippen LogP contribution in [-0.2, 0) is 11.8 Å². The molecule has 0 bridgehead atoms. The van der Waals surface area contributed by atoms with E-state index in [0.29, 0.717) is 6.42 Å². The van der Waals surface area contributed by atoms with E-state index >= 15 is 0 Å². The first kappa shape index (κ1) is 10.6. The van der Waals surface area contributed by atoms with Gasteiger partial charge in [-0.05, 0) is 18.9 Å². The summed E-state index contributed by atoms with van der Waals surface area (Å²) in [7, 11) is 1.86. The lowest BCUT2D eigenvalue weighted by Gasteiger charge is -2.14. The van der Waals surface area contributed by atoms with Gasteiger partial charge in [-0.3, -0.25) is 4.68 Å². The Bertz CT molecular complexity index is 316. The summed E-state index contributed by atoms with van der Waals surface area (Å²) in [5, 5.41) is 4.07. The van der Waals surface area contributed by atoms with Gasteiger partial charge < -0.3 is 10.5 Å². The highest BCUT2D eigenvalue weighted by atomic mass is 19.1. The Morgan fingerprint density at radius 1 is 1.60 bits per heavy atom. The summed E-state index contributed by atoms with van der Waals surface area (Å²) in [5.41, 5.74) is 6.64. The van der Waals surface area contributed by atoms with Crippen LogP contribution in [0.1, 0.15) is 24.6 Å². The minimum Gasteiger partial charge on any atom is -0.369 e. The third-order valence-corrected chi connectivity index (χ3v) is 2.87. The minimum absolute atomic E-state index is 0.0794. The zero-order chi connectivity index (χ0) is 10.8. The highest BCUT2D eigenvalue weighted by Gasteiger charge is 2.27. The molecule has 0 saturated carbocycles. The Morgan fingerprint density at radius 2 is 2.40 bits per heavy atom. The highest BCUT2D eigenvalue weighted by Crippen LogP contribution is 2.27. The van der Waals surface area contributed by atoms with Crippen molar-refractivity contribution in [3.05, 3.63) is 18.0 Å². The van der Waals surface area contributed by atoms with E-state index in [1.165, 1.54) is 0 Å². The molecule has 1 aromatic rings. The second-order valence-corrected chi connectivity index (χ2v) is 3.96. The molecule has 0 unspecified atom stereocenters. The first-order valence-corrected chi connectivity index (χ1v) is 5.17. The van der Waals surface area contributed by atoms with Crippen LogP contribution in [0.2, 0.25) is 0 Å². The summed E-state index contributed by atoms with van der Waals surface area (Å²) in [4.78, 5) is 0. The number of nitrogens with zero attached hydrogens (tertiary/aromatic N) is 2. The molecule has 0 aromatic carbocycles. The fourth-order valence-corrected chi connectivity index (χ4v) is 1.87. The van der Waals surface area contributed by atoms with Crippen LogP contribution >= 0.6 is 0 Å². The van der Waals surface area contributed by atoms with Gasteiger partial charge in [-0.15, -0.1) is 0 Å². The van der Waals surface area contributed by atoms with Crippen molar-refractivity contribution in [3.63, 3.8) is 0 Å². The fraction of sp³-hybridized carbons (Fsp3) is 0.700. The Hall–Kier alpha value is -0.940. The van der Waals surface area contributed by atoms with Gasteiger partial charge in [-0.1, -0.05) is 0 Å². The average molecular weight is 213 g/mol. The van der Waals surface area contributed by atoms with Crippen molar-refractivity contribution in [2.75, 3.05) is 6.61 Å². The molecule has 2 N–H and O–H groups in total. The summed E-state index contributed by atoms with van der Waals surface area (Å²) in [6, 6.07) is 1.50. The lowest BCUT2D eigenvalue weighted by atomic mass is 10.1. The van der Waals surface area contributed by atoms with Crippen molar-refractivity contribution >= 4 is 0 Å². The van der Waals surface area contributed by atoms with Crippen LogP contribution in [-0.4, -0.2) is 28.6 Å². The number of rotatable bonds is 1. The molecule has 1 saturated heterocycles. The van der Waals surface area contributed by atoms with Gasteiger partial charge in [-0.25, -0.2) is 4.39 Å². The molecule has 5 heteroatoms. The van der Waals surface area contributed by atoms with Crippen molar-refractivity contribution in [2.45, 2.75) is 31.2 Å². The molecule has 1 fully saturated rings. The van der Waals surface area contributed by atoms with Crippen molar-refractivity contribution in [1.82, 2.24) is 9.78 Å². The van der Waals surface area contributed by atoms with E-state index in [1.807, 2.05) is 13.1 Å². The molecule has 4 nitrogen and oxygen atoms in total. The molecule has 0 spiro atoms. The van der Waals surface area contributed by atoms with Gasteiger partial charge in [0.2, 0.25) is 0 Å². The predicted octanol–water partition coefficient (Wildman–Crippen LogP) is 0.937. The van der Waals surface area contributed by atoms with E-state index in [2.05, 4.69) is 5.10 Å². The van der Waals surface area contributed by atoms with Gasteiger partial charge in [0.05, 0.1) is 18.4 Å². The van der Waals surface area contributed by atoms with Gasteiger partial charge >= 0.3 is 0 Å². The number of aromatic nitrogens is 2. The third-order valence-electron chi connectivity index (χ3n) is 2.87. The Morgan fingerprint density at radius 3 is 3.07 bits per heavy atom. The van der Waals surface area contributed by atoms with E-state index in [0.717, 1.165) is 12.1 Å². The van der Waals surface area contributed by atoms with Crippen LogP contribution in [0.3, 0.4) is 0 Å². The molecule has 1 aliphatic rings. The lowest BCUT2D eigenvalue weighted by molar-refractivity contribution is 0.0243. The SMILES string of the molecule is Cn1nccc1[C@@H]1CC[C@@H](N)[C@H](F)CO1. The summed E-state index contributed by atoms with van der Waals surface area (Å²) in [6.45, 7) is 0.0804. The van der Waals surface area contributed by atoms with Crippen LogP contribution in [0.25, 0.3) is 0 Å². The van der Waals surface area contributed by atoms with Gasteiger partial charge in [-0.2, -0.15) is 5.10 Å². The molecule has 15 heavy (non-hydrogen) atoms. The summed E-state index contributed by atoms with van der Waals surface area (Å²) in [5.74, 6) is 0. The number of halogens is 1. The Labute approximate surface area is 88.2 Å².